The van der Waals surface area contributed by atoms with E-state index in [2.05, 4.69) is 47.8 Å². The smallest absolute Gasteiger partial charge is 0.124 e. The van der Waals surface area contributed by atoms with Gasteiger partial charge in [0.15, 0.2) is 0 Å². The van der Waals surface area contributed by atoms with Crippen LogP contribution >= 0.6 is 59.4 Å². The van der Waals surface area contributed by atoms with Gasteiger partial charge in [0.2, 0.25) is 0 Å². The van der Waals surface area contributed by atoms with Crippen molar-refractivity contribution in [3.05, 3.63) is 60.9 Å². The molecular formula is C15H12Br3ClO. The number of halogens is 4. The van der Waals surface area contributed by atoms with Gasteiger partial charge in [-0.2, -0.15) is 0 Å². The molecule has 0 bridgehead atoms. The summed E-state index contributed by atoms with van der Waals surface area (Å²) in [5.41, 5.74) is 1.96. The van der Waals surface area contributed by atoms with Crippen LogP contribution in [0.2, 0.25) is 0 Å². The highest BCUT2D eigenvalue weighted by Crippen LogP contribution is 2.38. The molecule has 1 nitrogen and oxygen atoms in total. The second kappa shape index (κ2) is 7.30. The Morgan fingerprint density at radius 1 is 1.00 bits per heavy atom. The highest BCUT2D eigenvalue weighted by atomic mass is 79.9. The zero-order valence-corrected chi connectivity index (χ0v) is 16.2. The maximum absolute atomic E-state index is 6.65. The molecule has 0 saturated heterocycles. The van der Waals surface area contributed by atoms with Gasteiger partial charge >= 0.3 is 0 Å². The molecule has 0 amide bonds. The molecule has 0 aromatic heterocycles. The fourth-order valence-electron chi connectivity index (χ4n) is 1.91. The van der Waals surface area contributed by atoms with Crippen LogP contribution in [-0.4, -0.2) is 6.61 Å². The Kier molecular flexibility index (Phi) is 5.96. The van der Waals surface area contributed by atoms with E-state index < -0.39 is 0 Å². The molecule has 1 atom stereocenters. The van der Waals surface area contributed by atoms with Crippen LogP contribution in [0.25, 0.3) is 0 Å². The van der Waals surface area contributed by atoms with E-state index in [0.29, 0.717) is 6.61 Å². The quantitative estimate of drug-likeness (QED) is 0.440. The molecule has 0 N–H and O–H groups in total. The van der Waals surface area contributed by atoms with Crippen molar-refractivity contribution >= 4 is 59.4 Å². The van der Waals surface area contributed by atoms with Gasteiger partial charge in [-0.25, -0.2) is 0 Å². The third-order valence-electron chi connectivity index (χ3n) is 2.72. The Morgan fingerprint density at radius 2 is 1.65 bits per heavy atom. The first-order chi connectivity index (χ1) is 9.51. The third kappa shape index (κ3) is 4.00. The van der Waals surface area contributed by atoms with E-state index in [4.69, 9.17) is 16.3 Å². The van der Waals surface area contributed by atoms with Crippen molar-refractivity contribution in [2.75, 3.05) is 6.61 Å². The molecule has 0 aliphatic carbocycles. The minimum atomic E-state index is -0.275. The standard InChI is InChI=1S/C15H12Br3ClO/c1-2-20-14-4-3-10(16)8-13(14)15(19)9-5-11(17)7-12(18)6-9/h3-8,15H,2H2,1H3. The van der Waals surface area contributed by atoms with E-state index in [1.54, 1.807) is 0 Å². The summed E-state index contributed by atoms with van der Waals surface area (Å²) in [6, 6.07) is 11.9. The number of benzene rings is 2. The predicted octanol–water partition coefficient (Wildman–Crippen LogP) is 6.70. The molecule has 106 valence electrons. The molecule has 1 unspecified atom stereocenters. The van der Waals surface area contributed by atoms with Crippen molar-refractivity contribution in [3.8, 4) is 5.75 Å². The summed E-state index contributed by atoms with van der Waals surface area (Å²) in [5.74, 6) is 0.812. The molecule has 20 heavy (non-hydrogen) atoms. The van der Waals surface area contributed by atoms with E-state index in [9.17, 15) is 0 Å². The fraction of sp³-hybridized carbons (Fsp3) is 0.200. The van der Waals surface area contributed by atoms with Crippen LogP contribution in [0.15, 0.2) is 49.8 Å². The van der Waals surface area contributed by atoms with Crippen LogP contribution in [0.1, 0.15) is 23.4 Å². The number of hydrogen-bond acceptors (Lipinski definition) is 1. The molecule has 0 saturated carbocycles. The van der Waals surface area contributed by atoms with Crippen molar-refractivity contribution in [2.24, 2.45) is 0 Å². The zero-order valence-electron chi connectivity index (χ0n) is 10.7. The average molecular weight is 483 g/mol. The number of ether oxygens (including phenoxy) is 1. The summed E-state index contributed by atoms with van der Waals surface area (Å²) < 4.78 is 8.62. The van der Waals surface area contributed by atoms with Crippen LogP contribution in [0.4, 0.5) is 0 Å². The highest BCUT2D eigenvalue weighted by molar-refractivity contribution is 9.11. The van der Waals surface area contributed by atoms with E-state index in [1.165, 1.54) is 0 Å². The SMILES string of the molecule is CCOc1ccc(Br)cc1C(Cl)c1cc(Br)cc(Br)c1. The first kappa shape index (κ1) is 16.3. The number of alkyl halides is 1. The normalized spacial score (nSPS) is 12.2. The Morgan fingerprint density at radius 3 is 2.25 bits per heavy atom. The monoisotopic (exact) mass is 480 g/mol. The molecule has 2 aromatic carbocycles. The van der Waals surface area contributed by atoms with Crippen LogP contribution in [-0.2, 0) is 0 Å². The molecule has 0 fully saturated rings. The molecule has 0 radical (unpaired) electrons. The van der Waals surface area contributed by atoms with Crippen LogP contribution < -0.4 is 4.74 Å². The van der Waals surface area contributed by atoms with Crippen molar-refractivity contribution in [1.29, 1.82) is 0 Å². The molecule has 0 aliphatic rings. The predicted molar refractivity (Wildman–Crippen MR) is 94.8 cm³/mol. The lowest BCUT2D eigenvalue weighted by Crippen LogP contribution is -2.00. The largest absolute Gasteiger partial charge is 0.494 e. The van der Waals surface area contributed by atoms with E-state index in [1.807, 2.05) is 43.3 Å². The first-order valence-electron chi connectivity index (χ1n) is 6.03. The van der Waals surface area contributed by atoms with Gasteiger partial charge in [-0.15, -0.1) is 11.6 Å². The maximum atomic E-state index is 6.65. The topological polar surface area (TPSA) is 9.23 Å². The summed E-state index contributed by atoms with van der Waals surface area (Å²) in [6.07, 6.45) is 0. The van der Waals surface area contributed by atoms with E-state index in [-0.39, 0.29) is 5.38 Å². The van der Waals surface area contributed by atoms with E-state index in [0.717, 1.165) is 30.3 Å². The second-order valence-electron chi connectivity index (χ2n) is 4.18. The molecule has 2 aromatic rings. The minimum absolute atomic E-state index is 0.275. The van der Waals surface area contributed by atoms with Crippen molar-refractivity contribution in [3.63, 3.8) is 0 Å². The molecule has 0 heterocycles. The van der Waals surface area contributed by atoms with Gasteiger partial charge in [0.25, 0.3) is 0 Å². The van der Waals surface area contributed by atoms with Gasteiger partial charge < -0.3 is 4.74 Å². The van der Waals surface area contributed by atoms with Crippen molar-refractivity contribution in [1.82, 2.24) is 0 Å². The Hall–Kier alpha value is -0.0300. The molecule has 5 heteroatoms. The van der Waals surface area contributed by atoms with Crippen molar-refractivity contribution in [2.45, 2.75) is 12.3 Å². The Labute approximate surface area is 149 Å². The van der Waals surface area contributed by atoms with E-state index >= 15 is 0 Å². The lowest BCUT2D eigenvalue weighted by molar-refractivity contribution is 0.337. The number of rotatable bonds is 4. The fourth-order valence-corrected chi connectivity index (χ4v) is 3.91. The minimum Gasteiger partial charge on any atom is -0.494 e. The summed E-state index contributed by atoms with van der Waals surface area (Å²) in [7, 11) is 0. The lowest BCUT2D eigenvalue weighted by atomic mass is 10.0. The zero-order chi connectivity index (χ0) is 14.7. The van der Waals surface area contributed by atoms with Crippen molar-refractivity contribution < 1.29 is 4.74 Å². The molecular weight excluding hydrogens is 471 g/mol. The van der Waals surface area contributed by atoms with Gasteiger partial charge in [-0.1, -0.05) is 47.8 Å². The molecule has 0 aliphatic heterocycles. The summed E-state index contributed by atoms with van der Waals surface area (Å²) in [5, 5.41) is -0.275. The molecule has 0 spiro atoms. The van der Waals surface area contributed by atoms with Crippen LogP contribution in [0.3, 0.4) is 0 Å². The van der Waals surface area contributed by atoms with Gasteiger partial charge in [0.1, 0.15) is 5.75 Å². The van der Waals surface area contributed by atoms with Gasteiger partial charge in [0.05, 0.1) is 12.0 Å². The third-order valence-corrected chi connectivity index (χ3v) is 4.62. The van der Waals surface area contributed by atoms with Gasteiger partial charge in [-0.3, -0.25) is 0 Å². The maximum Gasteiger partial charge on any atom is 0.124 e. The van der Waals surface area contributed by atoms with Crippen LogP contribution in [0, 0.1) is 0 Å². The lowest BCUT2D eigenvalue weighted by Gasteiger charge is -2.16. The van der Waals surface area contributed by atoms with Gasteiger partial charge in [-0.05, 0) is 48.9 Å². The first-order valence-corrected chi connectivity index (χ1v) is 8.85. The summed E-state index contributed by atoms with van der Waals surface area (Å²) in [6.45, 7) is 2.57. The number of hydrogen-bond donors (Lipinski definition) is 0. The molecule has 2 rings (SSSR count). The van der Waals surface area contributed by atoms with Gasteiger partial charge in [0, 0.05) is 19.0 Å². The summed E-state index contributed by atoms with van der Waals surface area (Å²) in [4.78, 5) is 0. The van der Waals surface area contributed by atoms with Crippen LogP contribution in [0.5, 0.6) is 5.75 Å². The second-order valence-corrected chi connectivity index (χ2v) is 7.36. The highest BCUT2D eigenvalue weighted by Gasteiger charge is 2.17. The average Bonchev–Trinajstić information content (AvgIpc) is 2.39. The Bertz CT molecular complexity index is 596. The Balaban J connectivity index is 2.46. The summed E-state index contributed by atoms with van der Waals surface area (Å²) >= 11 is 17.1.